The van der Waals surface area contributed by atoms with Crippen LogP contribution in [0.2, 0.25) is 0 Å². The molecule has 0 spiro atoms. The van der Waals surface area contributed by atoms with E-state index >= 15 is 0 Å². The molecule has 0 amide bonds. The number of hydrogen-bond acceptors (Lipinski definition) is 4. The van der Waals surface area contributed by atoms with E-state index in [2.05, 4.69) is 266 Å². The molecule has 0 atom stereocenters. The number of aryl methyl sites for hydroxylation is 3. The van der Waals surface area contributed by atoms with Crippen molar-refractivity contribution in [2.24, 2.45) is 0 Å². The van der Waals surface area contributed by atoms with Crippen LogP contribution in [0, 0.1) is 32.9 Å². The normalized spacial score (nSPS) is 13.1. The van der Waals surface area contributed by atoms with Crippen molar-refractivity contribution in [3.05, 3.63) is 244 Å². The third-order valence-electron chi connectivity index (χ3n) is 15.4. The minimum absolute atomic E-state index is 0. The van der Waals surface area contributed by atoms with Gasteiger partial charge in [-0.15, -0.1) is 29.3 Å². The smallest absolute Gasteiger partial charge is 0.503 e. The van der Waals surface area contributed by atoms with Crippen molar-refractivity contribution in [2.75, 3.05) is 4.90 Å². The first-order valence-electron chi connectivity index (χ1n) is 27.0. The van der Waals surface area contributed by atoms with Gasteiger partial charge in [-0.25, -0.2) is 0 Å². The monoisotopic (exact) mass is 1190 g/mol. The summed E-state index contributed by atoms with van der Waals surface area (Å²) in [4.78, 5) is 12.6. The Morgan fingerprint density at radius 2 is 0.987 bits per heavy atom. The first-order chi connectivity index (χ1) is 35.9. The third kappa shape index (κ3) is 10.6. The molecule has 0 fully saturated rings. The summed E-state index contributed by atoms with van der Waals surface area (Å²) >= 11 is 0. The molecule has 77 heavy (non-hydrogen) atoms. The predicted molar refractivity (Wildman–Crippen MR) is 318 cm³/mol. The van der Waals surface area contributed by atoms with Crippen LogP contribution in [0.4, 0.5) is 17.1 Å². The Kier molecular flexibility index (Phi) is 14.6. The Morgan fingerprint density at radius 1 is 0.455 bits per heavy atom. The number of fused-ring (bicyclic) bond motifs is 3. The third-order valence-corrected chi connectivity index (χ3v) is 15.4. The van der Waals surface area contributed by atoms with Crippen molar-refractivity contribution in [3.63, 3.8) is 0 Å². The molecule has 0 N–H and O–H groups in total. The van der Waals surface area contributed by atoms with Crippen LogP contribution in [0.3, 0.4) is 0 Å². The molecule has 0 saturated carbocycles. The zero-order valence-corrected chi connectivity index (χ0v) is 50.0. The van der Waals surface area contributed by atoms with Crippen LogP contribution in [-0.4, -0.2) is 9.97 Å². The summed E-state index contributed by atoms with van der Waals surface area (Å²) in [6.07, 6.45) is 3.83. The zero-order chi connectivity index (χ0) is 54.1. The molecule has 9 aromatic rings. The van der Waals surface area contributed by atoms with Gasteiger partial charge in [0.05, 0.1) is 11.1 Å². The Labute approximate surface area is 474 Å². The molecule has 5 heteroatoms. The van der Waals surface area contributed by atoms with E-state index < -0.39 is 5.41 Å². The van der Waals surface area contributed by atoms with Gasteiger partial charge >= 0.3 is 21.1 Å². The Balaban J connectivity index is 0.00000722. The number of ether oxygens (including phenoxy) is 1. The topological polar surface area (TPSA) is 38.2 Å². The number of benzene rings is 7. The molecule has 392 valence electrons. The molecule has 2 heterocycles. The molecule has 1 aliphatic rings. The SMILES string of the molecule is Cc1cc(C)c(-c2cc(Oc3[c-]c(C4(c5ccccn5)c5cc(C(C)(C)C)ccc5-c5ccc(C(C)(C)C)cc54)ccc3)[c-]c(-c3cc(N(c4ccc(C(C)(C)C)cc4)c4ccc(C(C)(C)C)cc4)ccn3)c2)c(C)c1.[Pt+2]. The largest absolute Gasteiger partial charge is 2.00 e. The van der Waals surface area contributed by atoms with E-state index in [1.807, 2.05) is 24.5 Å². The van der Waals surface area contributed by atoms with Crippen LogP contribution < -0.4 is 9.64 Å². The number of hydrogen-bond donors (Lipinski definition) is 0. The fourth-order valence-corrected chi connectivity index (χ4v) is 11.3. The summed E-state index contributed by atoms with van der Waals surface area (Å²) in [5, 5.41) is 0. The Hall–Kier alpha value is -6.87. The molecule has 0 bridgehead atoms. The minimum Gasteiger partial charge on any atom is -0.503 e. The van der Waals surface area contributed by atoms with Crippen LogP contribution in [0.5, 0.6) is 11.5 Å². The van der Waals surface area contributed by atoms with Crippen molar-refractivity contribution in [1.29, 1.82) is 0 Å². The summed E-state index contributed by atoms with van der Waals surface area (Å²) in [6, 6.07) is 65.4. The van der Waals surface area contributed by atoms with Crippen molar-refractivity contribution < 1.29 is 25.8 Å². The molecule has 0 saturated heterocycles. The van der Waals surface area contributed by atoms with Crippen molar-refractivity contribution >= 4 is 17.1 Å². The maximum Gasteiger partial charge on any atom is 2.00 e. The van der Waals surface area contributed by atoms with E-state index in [0.717, 1.165) is 50.7 Å². The van der Waals surface area contributed by atoms with Gasteiger partial charge in [-0.3, -0.25) is 4.98 Å². The summed E-state index contributed by atoms with van der Waals surface area (Å²) in [5.41, 5.74) is 21.4. The standard InChI is InChI=1S/C72H73N3O.Pt/c1-46-37-47(2)67(48(3)38-46)50-39-49(65-45-58(34-36-73-65)75(56-28-22-51(23-29-56)68(4,5)6)57-30-24-52(25-31-57)69(7,8)9)40-60(41-50)76-59-20-18-19-55(42-59)72(66-21-16-17-35-74-66)63-43-53(70(10,11)12)26-32-61(63)62-33-27-54(44-64(62)72)71(13,14)15;/h16-39,41,43-45H,1-15H3;/q-2;+2. The molecule has 10 rings (SSSR count). The summed E-state index contributed by atoms with van der Waals surface area (Å²) in [6.45, 7) is 33.8. The van der Waals surface area contributed by atoms with E-state index in [4.69, 9.17) is 14.7 Å². The maximum atomic E-state index is 7.14. The second kappa shape index (κ2) is 20.5. The predicted octanol–water partition coefficient (Wildman–Crippen LogP) is 19.1. The number of nitrogens with zero attached hydrogens (tertiary/aromatic N) is 3. The van der Waals surface area contributed by atoms with Crippen LogP contribution in [0.25, 0.3) is 33.5 Å². The Morgan fingerprint density at radius 3 is 1.49 bits per heavy atom. The Bertz CT molecular complexity index is 3480. The second-order valence-corrected chi connectivity index (χ2v) is 25.3. The van der Waals surface area contributed by atoms with Gasteiger partial charge in [0.2, 0.25) is 0 Å². The van der Waals surface area contributed by atoms with E-state index in [-0.39, 0.29) is 42.7 Å². The average Bonchev–Trinajstić information content (AvgIpc) is 3.88. The van der Waals surface area contributed by atoms with Crippen LogP contribution in [0.1, 0.15) is 144 Å². The number of rotatable bonds is 9. The molecule has 2 aromatic heterocycles. The van der Waals surface area contributed by atoms with Gasteiger partial charge in [0.15, 0.2) is 0 Å². The molecular formula is C72H73N3OPt. The molecule has 0 radical (unpaired) electrons. The number of pyridine rings is 2. The van der Waals surface area contributed by atoms with E-state index in [1.165, 1.54) is 61.2 Å². The summed E-state index contributed by atoms with van der Waals surface area (Å²) < 4.78 is 7.14. The quantitative estimate of drug-likeness (QED) is 0.135. The molecule has 0 aliphatic heterocycles. The fraction of sp³-hybridized carbons (Fsp3) is 0.278. The second-order valence-electron chi connectivity index (χ2n) is 25.3. The van der Waals surface area contributed by atoms with Crippen molar-refractivity contribution in [2.45, 2.75) is 131 Å². The van der Waals surface area contributed by atoms with Crippen molar-refractivity contribution in [1.82, 2.24) is 9.97 Å². The van der Waals surface area contributed by atoms with Gasteiger partial charge in [0.25, 0.3) is 0 Å². The van der Waals surface area contributed by atoms with Crippen LogP contribution in [0.15, 0.2) is 170 Å². The first kappa shape index (κ1) is 54.9. The van der Waals surface area contributed by atoms with Gasteiger partial charge in [0.1, 0.15) is 0 Å². The minimum atomic E-state index is -0.795. The van der Waals surface area contributed by atoms with Gasteiger partial charge < -0.3 is 14.6 Å². The zero-order valence-electron chi connectivity index (χ0n) is 47.7. The summed E-state index contributed by atoms with van der Waals surface area (Å²) in [5.74, 6) is 1.16. The number of aromatic nitrogens is 2. The fourth-order valence-electron chi connectivity index (χ4n) is 11.3. The van der Waals surface area contributed by atoms with Crippen LogP contribution >= 0.6 is 0 Å². The molecule has 0 unspecified atom stereocenters. The number of anilines is 3. The van der Waals surface area contributed by atoms with Gasteiger partial charge in [0, 0.05) is 41.0 Å². The molecule has 1 aliphatic carbocycles. The maximum absolute atomic E-state index is 7.14. The van der Waals surface area contributed by atoms with E-state index in [9.17, 15) is 0 Å². The van der Waals surface area contributed by atoms with Crippen molar-refractivity contribution in [3.8, 4) is 45.0 Å². The van der Waals surface area contributed by atoms with Gasteiger partial charge in [-0.05, 0) is 152 Å². The van der Waals surface area contributed by atoms with E-state index in [1.54, 1.807) is 0 Å². The van der Waals surface area contributed by atoms with E-state index in [0.29, 0.717) is 11.5 Å². The molecule has 4 nitrogen and oxygen atoms in total. The van der Waals surface area contributed by atoms with Gasteiger partial charge in [-0.2, -0.15) is 12.1 Å². The van der Waals surface area contributed by atoms with Crippen LogP contribution in [-0.2, 0) is 48.1 Å². The summed E-state index contributed by atoms with van der Waals surface area (Å²) in [7, 11) is 0. The van der Waals surface area contributed by atoms with Gasteiger partial charge in [-0.1, -0.05) is 191 Å². The first-order valence-corrected chi connectivity index (χ1v) is 27.0. The molecule has 7 aromatic carbocycles. The average molecular weight is 1190 g/mol. The molecular weight excluding hydrogens is 1120 g/mol.